The van der Waals surface area contributed by atoms with Crippen LogP contribution in [-0.4, -0.2) is 47.5 Å². The summed E-state index contributed by atoms with van der Waals surface area (Å²) in [6, 6.07) is 6.43. The molecule has 8 heteroatoms. The van der Waals surface area contributed by atoms with Gasteiger partial charge >= 0.3 is 0 Å². The van der Waals surface area contributed by atoms with Crippen LogP contribution in [0.2, 0.25) is 0 Å². The molecule has 0 unspecified atom stereocenters. The van der Waals surface area contributed by atoms with E-state index in [1.165, 1.54) is 29.2 Å². The molecule has 1 aromatic heterocycles. The molecule has 0 aliphatic carbocycles. The second kappa shape index (κ2) is 8.09. The lowest BCUT2D eigenvalue weighted by atomic mass is 10.1. The molecule has 0 saturated carbocycles. The fourth-order valence-corrected chi connectivity index (χ4v) is 2.87. The first kappa shape index (κ1) is 18.1. The quantitative estimate of drug-likeness (QED) is 0.849. The Morgan fingerprint density at radius 3 is 2.88 bits per heavy atom. The van der Waals surface area contributed by atoms with E-state index in [0.717, 1.165) is 6.42 Å². The number of carbonyl (C=O) groups excluding carboxylic acids is 2. The summed E-state index contributed by atoms with van der Waals surface area (Å²) in [6.07, 6.45) is 1.59. The largest absolute Gasteiger partial charge is 0.361 e. The number of nitrogens with zero attached hydrogens (tertiary/aromatic N) is 2. The number of rotatable bonds is 5. The zero-order valence-corrected chi connectivity index (χ0v) is 14.5. The van der Waals surface area contributed by atoms with Gasteiger partial charge in [0.15, 0.2) is 5.69 Å². The fraction of sp³-hybridized carbons (Fsp3) is 0.389. The van der Waals surface area contributed by atoms with Crippen LogP contribution in [0.25, 0.3) is 0 Å². The lowest BCUT2D eigenvalue weighted by molar-refractivity contribution is -0.121. The molecule has 2 aromatic rings. The number of aryl methyl sites for hydroxylation is 1. The third-order valence-corrected chi connectivity index (χ3v) is 4.19. The molecule has 1 aliphatic heterocycles. The molecule has 1 atom stereocenters. The van der Waals surface area contributed by atoms with Crippen LogP contribution in [0, 0.1) is 5.82 Å². The van der Waals surface area contributed by atoms with Crippen molar-refractivity contribution in [3.05, 3.63) is 47.6 Å². The Morgan fingerprint density at radius 2 is 2.15 bits per heavy atom. The summed E-state index contributed by atoms with van der Waals surface area (Å²) in [4.78, 5) is 26.9. The van der Waals surface area contributed by atoms with Gasteiger partial charge in [-0.3, -0.25) is 9.59 Å². The molecule has 2 N–H and O–H groups in total. The molecule has 0 radical (unpaired) electrons. The van der Waals surface area contributed by atoms with Gasteiger partial charge < -0.3 is 20.1 Å². The highest BCUT2D eigenvalue weighted by Crippen LogP contribution is 2.15. The molecule has 7 nitrogen and oxygen atoms in total. The number of benzene rings is 1. The number of hydrogen-bond donors (Lipinski definition) is 2. The molecule has 0 bridgehead atoms. The van der Waals surface area contributed by atoms with Crippen LogP contribution in [0.3, 0.4) is 0 Å². The van der Waals surface area contributed by atoms with Gasteiger partial charge in [0.1, 0.15) is 17.6 Å². The van der Waals surface area contributed by atoms with E-state index in [9.17, 15) is 14.0 Å². The summed E-state index contributed by atoms with van der Waals surface area (Å²) >= 11 is 0. The first-order chi connectivity index (χ1) is 12.6. The van der Waals surface area contributed by atoms with Crippen molar-refractivity contribution in [2.45, 2.75) is 25.8 Å². The molecule has 1 aromatic carbocycles. The maximum absolute atomic E-state index is 13.0. The smallest absolute Gasteiger partial charge is 0.276 e. The molecule has 26 heavy (non-hydrogen) atoms. The normalized spacial score (nSPS) is 17.2. The zero-order chi connectivity index (χ0) is 18.5. The minimum Gasteiger partial charge on any atom is -0.361 e. The highest BCUT2D eigenvalue weighted by molar-refractivity contribution is 6.00. The van der Waals surface area contributed by atoms with Crippen LogP contribution in [0.5, 0.6) is 0 Å². The van der Waals surface area contributed by atoms with Gasteiger partial charge in [-0.2, -0.15) is 0 Å². The zero-order valence-electron chi connectivity index (χ0n) is 14.5. The first-order valence-corrected chi connectivity index (χ1v) is 8.62. The summed E-state index contributed by atoms with van der Waals surface area (Å²) in [5.74, 6) is -0.405. The van der Waals surface area contributed by atoms with Crippen molar-refractivity contribution >= 4 is 17.5 Å². The van der Waals surface area contributed by atoms with E-state index in [4.69, 9.17) is 4.52 Å². The highest BCUT2D eigenvalue weighted by atomic mass is 19.1. The van der Waals surface area contributed by atoms with Crippen molar-refractivity contribution in [2.75, 3.05) is 25.0 Å². The average Bonchev–Trinajstić information content (AvgIpc) is 3.12. The Bertz CT molecular complexity index is 775. The third kappa shape index (κ3) is 4.08. The predicted molar refractivity (Wildman–Crippen MR) is 93.2 cm³/mol. The molecule has 0 spiro atoms. The Balaban J connectivity index is 1.72. The average molecular weight is 360 g/mol. The Hall–Kier alpha value is -2.74. The van der Waals surface area contributed by atoms with Gasteiger partial charge in [-0.05, 0) is 30.7 Å². The van der Waals surface area contributed by atoms with E-state index < -0.39 is 6.04 Å². The van der Waals surface area contributed by atoms with Crippen LogP contribution in [0.1, 0.15) is 29.6 Å². The van der Waals surface area contributed by atoms with E-state index in [1.807, 2.05) is 6.92 Å². The topological polar surface area (TPSA) is 87.5 Å². The number of hydrogen-bond acceptors (Lipinski definition) is 5. The molecule has 138 valence electrons. The van der Waals surface area contributed by atoms with Crippen LogP contribution >= 0.6 is 0 Å². The van der Waals surface area contributed by atoms with Gasteiger partial charge in [-0.1, -0.05) is 12.1 Å². The molecule has 1 saturated heterocycles. The Kier molecular flexibility index (Phi) is 5.62. The number of halogens is 1. The van der Waals surface area contributed by atoms with Gasteiger partial charge in [0, 0.05) is 37.8 Å². The van der Waals surface area contributed by atoms with Crippen molar-refractivity contribution in [3.63, 3.8) is 0 Å². The van der Waals surface area contributed by atoms with Gasteiger partial charge in [0.25, 0.3) is 5.91 Å². The van der Waals surface area contributed by atoms with E-state index in [0.29, 0.717) is 37.5 Å². The number of amides is 2. The van der Waals surface area contributed by atoms with Crippen LogP contribution in [-0.2, 0) is 11.2 Å². The van der Waals surface area contributed by atoms with Crippen LogP contribution in [0.15, 0.2) is 34.9 Å². The Labute approximate surface area is 150 Å². The number of nitrogens with one attached hydrogen (secondary N) is 2. The van der Waals surface area contributed by atoms with Crippen LogP contribution < -0.4 is 10.6 Å². The fourth-order valence-electron chi connectivity index (χ4n) is 2.87. The van der Waals surface area contributed by atoms with Crippen molar-refractivity contribution in [3.8, 4) is 0 Å². The molecular formula is C18H21FN4O3. The number of anilines is 1. The van der Waals surface area contributed by atoms with E-state index in [-0.39, 0.29) is 23.3 Å². The van der Waals surface area contributed by atoms with E-state index >= 15 is 0 Å². The minimum atomic E-state index is -0.687. The highest BCUT2D eigenvalue weighted by Gasteiger charge is 2.34. The molecule has 2 heterocycles. The van der Waals surface area contributed by atoms with Crippen molar-refractivity contribution in [1.82, 2.24) is 15.4 Å². The second-order valence-corrected chi connectivity index (χ2v) is 6.14. The minimum absolute atomic E-state index is 0.204. The maximum atomic E-state index is 13.0. The molecule has 3 rings (SSSR count). The number of aromatic nitrogens is 1. The number of piperazine rings is 1. The van der Waals surface area contributed by atoms with Gasteiger partial charge in [-0.15, -0.1) is 0 Å². The number of carbonyl (C=O) groups is 2. The van der Waals surface area contributed by atoms with Gasteiger partial charge in [0.2, 0.25) is 5.91 Å². The molecule has 2 amide bonds. The third-order valence-electron chi connectivity index (χ3n) is 4.19. The monoisotopic (exact) mass is 360 g/mol. The summed E-state index contributed by atoms with van der Waals surface area (Å²) in [6.45, 7) is 3.32. The Morgan fingerprint density at radius 1 is 1.38 bits per heavy atom. The molecular weight excluding hydrogens is 339 g/mol. The standard InChI is InChI=1S/C18H21FN4O3/c1-2-3-14-10-15(22-26-14)18(25)23-9-8-20-11-16(23)17(24)21-13-6-4-12(19)5-7-13/h4-7,10,16,20H,2-3,8-9,11H2,1H3,(H,21,24)/t16-/m0/s1. The van der Waals surface area contributed by atoms with E-state index in [1.54, 1.807) is 6.07 Å². The first-order valence-electron chi connectivity index (χ1n) is 8.62. The van der Waals surface area contributed by atoms with Crippen LogP contribution in [0.4, 0.5) is 10.1 Å². The lowest BCUT2D eigenvalue weighted by Crippen LogP contribution is -2.58. The summed E-state index contributed by atoms with van der Waals surface area (Å²) in [5, 5.41) is 9.67. The van der Waals surface area contributed by atoms with E-state index in [2.05, 4.69) is 15.8 Å². The van der Waals surface area contributed by atoms with Gasteiger partial charge in [-0.25, -0.2) is 4.39 Å². The second-order valence-electron chi connectivity index (χ2n) is 6.14. The van der Waals surface area contributed by atoms with Crippen molar-refractivity contribution in [2.24, 2.45) is 0 Å². The van der Waals surface area contributed by atoms with Crippen molar-refractivity contribution < 1.29 is 18.5 Å². The lowest BCUT2D eigenvalue weighted by Gasteiger charge is -2.34. The SMILES string of the molecule is CCCc1cc(C(=O)N2CCNC[C@H]2C(=O)Nc2ccc(F)cc2)no1. The molecule has 1 fully saturated rings. The molecule has 1 aliphatic rings. The predicted octanol–water partition coefficient (Wildman–Crippen LogP) is 1.82. The maximum Gasteiger partial charge on any atom is 0.276 e. The summed E-state index contributed by atoms with van der Waals surface area (Å²) in [7, 11) is 0. The summed E-state index contributed by atoms with van der Waals surface area (Å²) < 4.78 is 18.2. The van der Waals surface area contributed by atoms with Crippen molar-refractivity contribution in [1.29, 1.82) is 0 Å². The van der Waals surface area contributed by atoms with Gasteiger partial charge in [0.05, 0.1) is 0 Å². The summed E-state index contributed by atoms with van der Waals surface area (Å²) in [5.41, 5.74) is 0.677.